The Morgan fingerprint density at radius 2 is 1.94 bits per heavy atom. The molecule has 0 aliphatic carbocycles. The molecule has 1 aliphatic rings. The van der Waals surface area contributed by atoms with Gasteiger partial charge in [-0.25, -0.2) is 4.98 Å². The van der Waals surface area contributed by atoms with E-state index >= 15 is 0 Å². The summed E-state index contributed by atoms with van der Waals surface area (Å²) in [6.45, 7) is 4.39. The molecule has 1 aliphatic heterocycles. The average molecular weight is 449 g/mol. The fourth-order valence-electron chi connectivity index (χ4n) is 4.36. The average Bonchev–Trinajstić information content (AvgIpc) is 3.35. The van der Waals surface area contributed by atoms with Crippen LogP contribution >= 0.6 is 11.6 Å². The van der Waals surface area contributed by atoms with Crippen molar-refractivity contribution < 1.29 is 9.21 Å². The summed E-state index contributed by atoms with van der Waals surface area (Å²) in [5, 5.41) is 0.603. The molecule has 0 atom stereocenters. The molecule has 6 nitrogen and oxygen atoms in total. The third kappa shape index (κ3) is 4.04. The Morgan fingerprint density at radius 3 is 2.72 bits per heavy atom. The van der Waals surface area contributed by atoms with Gasteiger partial charge in [0.25, 0.3) is 5.91 Å². The van der Waals surface area contributed by atoms with Gasteiger partial charge in [-0.15, -0.1) is 0 Å². The van der Waals surface area contributed by atoms with Crippen LogP contribution in [0.5, 0.6) is 0 Å². The number of furan rings is 1. The van der Waals surface area contributed by atoms with Crippen molar-refractivity contribution in [2.45, 2.75) is 33.0 Å². The summed E-state index contributed by atoms with van der Waals surface area (Å²) >= 11 is 6.28. The van der Waals surface area contributed by atoms with Gasteiger partial charge in [-0.1, -0.05) is 35.9 Å². The number of aromatic nitrogens is 2. The second-order valence-corrected chi connectivity index (χ2v) is 8.85. The summed E-state index contributed by atoms with van der Waals surface area (Å²) in [5.41, 5.74) is 4.54. The Balaban J connectivity index is 1.46. The molecule has 164 valence electrons. The zero-order chi connectivity index (χ0) is 22.2. The topological polar surface area (TPSA) is 54.0 Å². The van der Waals surface area contributed by atoms with E-state index in [2.05, 4.69) is 23.1 Å². The van der Waals surface area contributed by atoms with E-state index in [0.29, 0.717) is 42.5 Å². The number of amides is 1. The van der Waals surface area contributed by atoms with Crippen molar-refractivity contribution >= 4 is 23.2 Å². The molecular formula is C25H25ClN4O2. The summed E-state index contributed by atoms with van der Waals surface area (Å²) in [6, 6.07) is 15.9. The summed E-state index contributed by atoms with van der Waals surface area (Å²) in [4.78, 5) is 22.3. The lowest BCUT2D eigenvalue weighted by Crippen LogP contribution is -2.37. The summed E-state index contributed by atoms with van der Waals surface area (Å²) in [6.07, 6.45) is 2.68. The second kappa shape index (κ2) is 8.45. The normalized spacial score (nSPS) is 13.7. The van der Waals surface area contributed by atoms with E-state index in [-0.39, 0.29) is 5.91 Å². The first-order valence-corrected chi connectivity index (χ1v) is 11.1. The Bertz CT molecular complexity index is 1290. The van der Waals surface area contributed by atoms with Gasteiger partial charge in [0, 0.05) is 25.8 Å². The lowest BCUT2D eigenvalue weighted by atomic mass is 9.99. The van der Waals surface area contributed by atoms with Gasteiger partial charge in [0.1, 0.15) is 17.2 Å². The van der Waals surface area contributed by atoms with Crippen molar-refractivity contribution in [3.8, 4) is 0 Å². The van der Waals surface area contributed by atoms with Crippen LogP contribution in [0.1, 0.15) is 38.8 Å². The summed E-state index contributed by atoms with van der Waals surface area (Å²) in [5.74, 6) is 1.73. The van der Waals surface area contributed by atoms with Crippen LogP contribution < -0.4 is 0 Å². The molecule has 0 unspecified atom stereocenters. The molecule has 0 bridgehead atoms. The molecule has 3 aromatic heterocycles. The van der Waals surface area contributed by atoms with Crippen molar-refractivity contribution in [1.82, 2.24) is 19.2 Å². The molecule has 5 rings (SSSR count). The highest BCUT2D eigenvalue weighted by atomic mass is 35.5. The summed E-state index contributed by atoms with van der Waals surface area (Å²) in [7, 11) is 2.01. The fraction of sp³-hybridized carbons (Fsp3) is 0.280. The zero-order valence-electron chi connectivity index (χ0n) is 18.2. The molecule has 4 aromatic rings. The maximum Gasteiger partial charge on any atom is 0.274 e. The molecule has 0 spiro atoms. The van der Waals surface area contributed by atoms with E-state index in [1.165, 1.54) is 11.1 Å². The maximum absolute atomic E-state index is 13.6. The second-order valence-electron chi connectivity index (χ2n) is 8.41. The minimum absolute atomic E-state index is 0.0448. The maximum atomic E-state index is 13.6. The van der Waals surface area contributed by atoms with Crippen LogP contribution in [-0.4, -0.2) is 38.7 Å². The van der Waals surface area contributed by atoms with E-state index in [4.69, 9.17) is 21.0 Å². The van der Waals surface area contributed by atoms with Crippen molar-refractivity contribution in [2.75, 3.05) is 13.6 Å². The number of benzene rings is 1. The van der Waals surface area contributed by atoms with E-state index in [1.54, 1.807) is 6.07 Å². The van der Waals surface area contributed by atoms with Crippen molar-refractivity contribution in [1.29, 1.82) is 0 Å². The summed E-state index contributed by atoms with van der Waals surface area (Å²) < 4.78 is 7.65. The van der Waals surface area contributed by atoms with Gasteiger partial charge >= 0.3 is 0 Å². The van der Waals surface area contributed by atoms with Crippen LogP contribution in [0, 0.1) is 6.92 Å². The number of halogens is 1. The molecule has 0 radical (unpaired) electrons. The number of carbonyl (C=O) groups is 1. The Labute approximate surface area is 192 Å². The third-order valence-corrected chi connectivity index (χ3v) is 6.17. The molecule has 1 aromatic carbocycles. The smallest absolute Gasteiger partial charge is 0.274 e. The molecule has 7 heteroatoms. The van der Waals surface area contributed by atoms with Crippen molar-refractivity contribution in [3.63, 3.8) is 0 Å². The number of rotatable bonds is 5. The van der Waals surface area contributed by atoms with E-state index in [9.17, 15) is 4.79 Å². The molecule has 0 fully saturated rings. The number of hydrogen-bond acceptors (Lipinski definition) is 4. The molecule has 32 heavy (non-hydrogen) atoms. The van der Waals surface area contributed by atoms with Crippen LogP contribution in [0.25, 0.3) is 5.65 Å². The van der Waals surface area contributed by atoms with Gasteiger partial charge in [-0.05, 0) is 55.8 Å². The Hall–Kier alpha value is -3.09. The van der Waals surface area contributed by atoms with Gasteiger partial charge in [0.05, 0.1) is 17.3 Å². The van der Waals surface area contributed by atoms with Crippen LogP contribution in [0.2, 0.25) is 5.02 Å². The number of hydrogen-bond donors (Lipinski definition) is 0. The minimum atomic E-state index is -0.0448. The van der Waals surface area contributed by atoms with Gasteiger partial charge in [0.2, 0.25) is 0 Å². The van der Waals surface area contributed by atoms with Crippen molar-refractivity contribution in [2.24, 2.45) is 0 Å². The van der Waals surface area contributed by atoms with Crippen molar-refractivity contribution in [3.05, 3.63) is 93.8 Å². The molecule has 0 N–H and O–H groups in total. The van der Waals surface area contributed by atoms with Crippen LogP contribution in [-0.2, 0) is 26.1 Å². The van der Waals surface area contributed by atoms with Crippen LogP contribution in [0.15, 0.2) is 59.1 Å². The standard InChI is InChI=1S/C25H25ClN4O2/c1-17-7-9-21(32-17)15-28(2)16-22-24(27-23-10-8-20(26)14-30(22)23)25(31)29-12-11-18-5-3-4-6-19(18)13-29/h3-10,14H,11-13,15-16H2,1-2H3. The highest BCUT2D eigenvalue weighted by molar-refractivity contribution is 6.30. The van der Waals surface area contributed by atoms with Gasteiger partial charge < -0.3 is 13.7 Å². The van der Waals surface area contributed by atoms with Gasteiger partial charge in [0.15, 0.2) is 5.69 Å². The molecular weight excluding hydrogens is 424 g/mol. The Kier molecular flexibility index (Phi) is 5.49. The third-order valence-electron chi connectivity index (χ3n) is 5.94. The first-order valence-electron chi connectivity index (χ1n) is 10.7. The lowest BCUT2D eigenvalue weighted by Gasteiger charge is -2.28. The highest BCUT2D eigenvalue weighted by Crippen LogP contribution is 2.24. The SMILES string of the molecule is Cc1ccc(CN(C)Cc2c(C(=O)N3CCc4ccccc4C3)nc3ccc(Cl)cn23)o1. The molecule has 0 saturated carbocycles. The molecule has 1 amide bonds. The van der Waals surface area contributed by atoms with Crippen LogP contribution in [0.4, 0.5) is 0 Å². The first-order chi connectivity index (χ1) is 15.5. The van der Waals surface area contributed by atoms with E-state index in [0.717, 1.165) is 23.6 Å². The number of aryl methyl sites for hydroxylation is 1. The zero-order valence-corrected chi connectivity index (χ0v) is 19.0. The van der Waals surface area contributed by atoms with E-state index < -0.39 is 0 Å². The molecule has 0 saturated heterocycles. The number of carbonyl (C=O) groups excluding carboxylic acids is 1. The number of nitrogens with zero attached hydrogens (tertiary/aromatic N) is 4. The predicted molar refractivity (Wildman–Crippen MR) is 124 cm³/mol. The van der Waals surface area contributed by atoms with Crippen LogP contribution in [0.3, 0.4) is 0 Å². The number of fused-ring (bicyclic) bond motifs is 2. The highest BCUT2D eigenvalue weighted by Gasteiger charge is 2.27. The minimum Gasteiger partial charge on any atom is -0.465 e. The van der Waals surface area contributed by atoms with Gasteiger partial charge in [-0.2, -0.15) is 0 Å². The number of pyridine rings is 1. The molecule has 4 heterocycles. The Morgan fingerprint density at radius 1 is 1.12 bits per heavy atom. The predicted octanol–water partition coefficient (Wildman–Crippen LogP) is 4.72. The fourth-order valence-corrected chi connectivity index (χ4v) is 4.52. The largest absolute Gasteiger partial charge is 0.465 e. The number of imidazole rings is 1. The lowest BCUT2D eigenvalue weighted by molar-refractivity contribution is 0.0727. The first kappa shape index (κ1) is 20.8. The van der Waals surface area contributed by atoms with E-state index in [1.807, 2.05) is 53.7 Å². The quantitative estimate of drug-likeness (QED) is 0.443. The monoisotopic (exact) mass is 448 g/mol. The van der Waals surface area contributed by atoms with Gasteiger partial charge in [-0.3, -0.25) is 9.69 Å².